The molecule has 4 aromatic rings. The summed E-state index contributed by atoms with van der Waals surface area (Å²) in [5.74, 6) is 0. The van der Waals surface area contributed by atoms with Crippen LogP contribution in [0, 0.1) is 0 Å². The maximum Gasteiger partial charge on any atom is 0.0105 e. The molecule has 0 aliphatic heterocycles. The van der Waals surface area contributed by atoms with E-state index in [9.17, 15) is 0 Å². The van der Waals surface area contributed by atoms with Crippen LogP contribution in [0.1, 0.15) is 52.7 Å². The number of benzene rings is 3. The molecule has 0 N–H and O–H groups in total. The average molecular weight is 437 g/mol. The Balaban J connectivity index is 2.01. The molecule has 0 radical (unpaired) electrons. The third-order valence-corrected chi connectivity index (χ3v) is 7.18. The summed E-state index contributed by atoms with van der Waals surface area (Å²) in [7, 11) is 1.26. The van der Waals surface area contributed by atoms with E-state index >= 15 is 0 Å². The molecule has 0 atom stereocenters. The first kappa shape index (κ1) is 22.5. The van der Waals surface area contributed by atoms with Crippen LogP contribution in [0.5, 0.6) is 0 Å². The van der Waals surface area contributed by atoms with Crippen molar-refractivity contribution < 1.29 is 0 Å². The molecule has 0 saturated carbocycles. The van der Waals surface area contributed by atoms with Crippen molar-refractivity contribution >= 4 is 8.19 Å². The van der Waals surface area contributed by atoms with Crippen molar-refractivity contribution in [3.05, 3.63) is 102 Å². The summed E-state index contributed by atoms with van der Waals surface area (Å²) in [4.78, 5) is 0. The van der Waals surface area contributed by atoms with Crippen LogP contribution in [0.2, 0.25) is 0 Å². The fourth-order valence-corrected chi connectivity index (χ4v) is 5.62. The molecule has 1 heteroatoms. The van der Waals surface area contributed by atoms with Crippen molar-refractivity contribution in [1.82, 2.24) is 0 Å². The fraction of sp³-hybridized carbons (Fsp3) is 0.258. The Morgan fingerprint density at radius 1 is 0.469 bits per heavy atom. The Hall–Kier alpha value is -2.69. The van der Waals surface area contributed by atoms with Crippen molar-refractivity contribution in [2.45, 2.75) is 52.4 Å². The van der Waals surface area contributed by atoms with E-state index in [1.54, 1.807) is 0 Å². The van der Waals surface area contributed by atoms with Gasteiger partial charge in [0.2, 0.25) is 0 Å². The standard InChI is InChI=1S/C31H33P/c1-30(2,3)26-18-12-10-16-24(26)28-20-23(22-14-8-7-9-15-22)21-29(32-28)25-17-11-13-19-27(25)31(4,5)6/h7-21H,1-6H3. The van der Waals surface area contributed by atoms with E-state index in [-0.39, 0.29) is 10.8 Å². The van der Waals surface area contributed by atoms with Crippen LogP contribution in [0.3, 0.4) is 0 Å². The van der Waals surface area contributed by atoms with Crippen LogP contribution >= 0.6 is 8.19 Å². The lowest BCUT2D eigenvalue weighted by atomic mass is 9.83. The lowest BCUT2D eigenvalue weighted by Gasteiger charge is -2.25. The smallest absolute Gasteiger partial charge is 0.0105 e. The van der Waals surface area contributed by atoms with Gasteiger partial charge < -0.3 is 0 Å². The maximum absolute atomic E-state index is 2.39. The van der Waals surface area contributed by atoms with Gasteiger partial charge in [-0.2, -0.15) is 0 Å². The minimum Gasteiger partial charge on any atom is -0.0622 e. The number of hydrogen-bond donors (Lipinski definition) is 0. The molecular formula is C31H33P. The molecule has 0 aliphatic carbocycles. The van der Waals surface area contributed by atoms with Gasteiger partial charge in [-0.25, -0.2) is 0 Å². The van der Waals surface area contributed by atoms with Crippen LogP contribution in [0.25, 0.3) is 32.8 Å². The minimum atomic E-state index is 0.0878. The van der Waals surface area contributed by atoms with Gasteiger partial charge in [0.25, 0.3) is 0 Å². The molecular weight excluding hydrogens is 403 g/mol. The van der Waals surface area contributed by atoms with Crippen LogP contribution < -0.4 is 0 Å². The molecule has 0 nitrogen and oxygen atoms in total. The second-order valence-electron chi connectivity index (χ2n) is 10.6. The Kier molecular flexibility index (Phi) is 6.11. The largest absolute Gasteiger partial charge is 0.0622 e. The first-order valence-electron chi connectivity index (χ1n) is 11.4. The van der Waals surface area contributed by atoms with Crippen molar-refractivity contribution in [2.24, 2.45) is 0 Å². The molecule has 1 heterocycles. The van der Waals surface area contributed by atoms with Gasteiger partial charge in [0.05, 0.1) is 0 Å². The van der Waals surface area contributed by atoms with E-state index in [4.69, 9.17) is 0 Å². The van der Waals surface area contributed by atoms with Gasteiger partial charge in [0, 0.05) is 10.6 Å². The predicted octanol–water partition coefficient (Wildman–Crippen LogP) is 9.86. The zero-order valence-electron chi connectivity index (χ0n) is 20.1. The Labute approximate surface area is 195 Å². The zero-order valence-corrected chi connectivity index (χ0v) is 21.0. The van der Waals surface area contributed by atoms with Crippen LogP contribution in [-0.4, -0.2) is 0 Å². The fourth-order valence-electron chi connectivity index (χ4n) is 4.32. The molecule has 1 aromatic heterocycles. The topological polar surface area (TPSA) is 0 Å². The maximum atomic E-state index is 2.39. The summed E-state index contributed by atoms with van der Waals surface area (Å²) in [5, 5.41) is 2.74. The van der Waals surface area contributed by atoms with E-state index < -0.39 is 0 Å². The first-order valence-corrected chi connectivity index (χ1v) is 12.3. The van der Waals surface area contributed by atoms with E-state index in [1.165, 1.54) is 52.2 Å². The molecule has 0 amide bonds. The molecule has 162 valence electrons. The highest BCUT2D eigenvalue weighted by atomic mass is 31.0. The highest BCUT2D eigenvalue weighted by molar-refractivity contribution is 7.37. The van der Waals surface area contributed by atoms with Gasteiger partial charge in [-0.05, 0) is 56.3 Å². The Morgan fingerprint density at radius 3 is 1.31 bits per heavy atom. The third-order valence-electron chi connectivity index (χ3n) is 5.95. The van der Waals surface area contributed by atoms with Gasteiger partial charge in [-0.1, -0.05) is 129 Å². The summed E-state index contributed by atoms with van der Waals surface area (Å²) in [6, 6.07) is 33.4. The van der Waals surface area contributed by atoms with E-state index in [2.05, 4.69) is 133 Å². The van der Waals surface area contributed by atoms with Crippen molar-refractivity contribution in [3.63, 3.8) is 0 Å². The lowest BCUT2D eigenvalue weighted by molar-refractivity contribution is 0.592. The van der Waals surface area contributed by atoms with E-state index in [0.717, 1.165) is 0 Å². The van der Waals surface area contributed by atoms with Gasteiger partial charge in [0.1, 0.15) is 0 Å². The predicted molar refractivity (Wildman–Crippen MR) is 143 cm³/mol. The van der Waals surface area contributed by atoms with Crippen molar-refractivity contribution in [2.75, 3.05) is 0 Å². The first-order chi connectivity index (χ1) is 15.1. The van der Waals surface area contributed by atoms with Gasteiger partial charge in [-0.3, -0.25) is 0 Å². The SMILES string of the molecule is CC(C)(C)c1ccccc1-c1cc(-c2ccccc2)cc(-c2ccccc2C(C)(C)C)p1. The minimum absolute atomic E-state index is 0.0878. The van der Waals surface area contributed by atoms with Gasteiger partial charge in [-0.15, -0.1) is 0 Å². The van der Waals surface area contributed by atoms with Crippen LogP contribution in [0.15, 0.2) is 91.0 Å². The monoisotopic (exact) mass is 436 g/mol. The van der Waals surface area contributed by atoms with Crippen LogP contribution in [0.4, 0.5) is 0 Å². The van der Waals surface area contributed by atoms with Crippen molar-refractivity contribution in [1.29, 1.82) is 0 Å². The van der Waals surface area contributed by atoms with Crippen molar-refractivity contribution in [3.8, 4) is 32.8 Å². The third kappa shape index (κ3) is 4.72. The molecule has 0 spiro atoms. The number of rotatable bonds is 3. The van der Waals surface area contributed by atoms with Gasteiger partial charge >= 0.3 is 0 Å². The van der Waals surface area contributed by atoms with Gasteiger partial charge in [0.15, 0.2) is 0 Å². The molecule has 32 heavy (non-hydrogen) atoms. The summed E-state index contributed by atoms with van der Waals surface area (Å²) in [6.07, 6.45) is 0. The summed E-state index contributed by atoms with van der Waals surface area (Å²) in [5.41, 5.74) is 8.23. The Morgan fingerprint density at radius 2 is 0.875 bits per heavy atom. The van der Waals surface area contributed by atoms with Crippen LogP contribution in [-0.2, 0) is 10.8 Å². The summed E-state index contributed by atoms with van der Waals surface area (Å²) >= 11 is 0. The number of hydrogen-bond acceptors (Lipinski definition) is 0. The molecule has 0 fully saturated rings. The molecule has 0 aliphatic rings. The highest BCUT2D eigenvalue weighted by Gasteiger charge is 2.22. The average Bonchev–Trinajstić information content (AvgIpc) is 2.78. The zero-order chi connectivity index (χ0) is 22.9. The molecule has 0 bridgehead atoms. The highest BCUT2D eigenvalue weighted by Crippen LogP contribution is 2.45. The second kappa shape index (κ2) is 8.68. The molecule has 0 saturated heterocycles. The quantitative estimate of drug-likeness (QED) is 0.300. The second-order valence-corrected chi connectivity index (χ2v) is 11.8. The molecule has 0 unspecified atom stereocenters. The summed E-state index contributed by atoms with van der Waals surface area (Å²) < 4.78 is 0. The normalized spacial score (nSPS) is 12.1. The molecule has 4 rings (SSSR count). The Bertz CT molecular complexity index is 1150. The lowest BCUT2D eigenvalue weighted by Crippen LogP contribution is -2.12. The molecule has 3 aromatic carbocycles. The van der Waals surface area contributed by atoms with E-state index in [1.807, 2.05) is 0 Å². The van der Waals surface area contributed by atoms with E-state index in [0.29, 0.717) is 0 Å². The summed E-state index contributed by atoms with van der Waals surface area (Å²) in [6.45, 7) is 13.8.